The zero-order valence-electron chi connectivity index (χ0n) is 9.50. The highest BCUT2D eigenvalue weighted by molar-refractivity contribution is 9.10. The van der Waals surface area contributed by atoms with Crippen molar-refractivity contribution in [3.8, 4) is 0 Å². The number of alkyl halides is 1. The normalized spacial score (nSPS) is 12.0. The van der Waals surface area contributed by atoms with E-state index in [1.165, 1.54) is 6.07 Å². The number of ether oxygens (including phenoxy) is 1. The molecule has 1 aromatic rings. The van der Waals surface area contributed by atoms with Crippen molar-refractivity contribution in [1.82, 2.24) is 0 Å². The minimum Gasteiger partial charge on any atom is -0.462 e. The van der Waals surface area contributed by atoms with Crippen LogP contribution in [0, 0.1) is 0 Å². The van der Waals surface area contributed by atoms with Gasteiger partial charge in [0.2, 0.25) is 0 Å². The molecule has 0 amide bonds. The predicted octanol–water partition coefficient (Wildman–Crippen LogP) is 3.44. The van der Waals surface area contributed by atoms with E-state index in [9.17, 15) is 9.59 Å². The van der Waals surface area contributed by atoms with Crippen molar-refractivity contribution in [2.24, 2.45) is 0 Å². The SMILES string of the molecule is CCOC(=O)c1cc(Br)cc(C(=O)C(C)Cl)c1. The summed E-state index contributed by atoms with van der Waals surface area (Å²) in [7, 11) is 0. The molecule has 0 bridgehead atoms. The lowest BCUT2D eigenvalue weighted by atomic mass is 10.1. The Morgan fingerprint density at radius 3 is 2.47 bits per heavy atom. The zero-order chi connectivity index (χ0) is 13.0. The van der Waals surface area contributed by atoms with Crippen LogP contribution >= 0.6 is 27.5 Å². The molecule has 0 spiro atoms. The van der Waals surface area contributed by atoms with E-state index in [4.69, 9.17) is 16.3 Å². The third kappa shape index (κ3) is 3.82. The fourth-order valence-corrected chi connectivity index (χ4v) is 1.91. The number of benzene rings is 1. The highest BCUT2D eigenvalue weighted by Gasteiger charge is 2.16. The van der Waals surface area contributed by atoms with E-state index in [-0.39, 0.29) is 5.78 Å². The molecular weight excluding hydrogens is 307 g/mol. The van der Waals surface area contributed by atoms with Crippen molar-refractivity contribution in [2.75, 3.05) is 6.61 Å². The molecule has 0 aliphatic carbocycles. The predicted molar refractivity (Wildman–Crippen MR) is 69.7 cm³/mol. The van der Waals surface area contributed by atoms with Gasteiger partial charge >= 0.3 is 5.97 Å². The minimum absolute atomic E-state index is 0.224. The maximum atomic E-state index is 11.7. The van der Waals surface area contributed by atoms with E-state index in [0.29, 0.717) is 22.2 Å². The summed E-state index contributed by atoms with van der Waals surface area (Å²) in [6.45, 7) is 3.61. The van der Waals surface area contributed by atoms with E-state index in [1.54, 1.807) is 26.0 Å². The maximum absolute atomic E-state index is 11.7. The van der Waals surface area contributed by atoms with Gasteiger partial charge in [-0.2, -0.15) is 0 Å². The lowest BCUT2D eigenvalue weighted by Gasteiger charge is -2.07. The number of hydrogen-bond donors (Lipinski definition) is 0. The largest absolute Gasteiger partial charge is 0.462 e. The lowest BCUT2D eigenvalue weighted by Crippen LogP contribution is -2.12. The average Bonchev–Trinajstić information content (AvgIpc) is 2.27. The topological polar surface area (TPSA) is 43.4 Å². The smallest absolute Gasteiger partial charge is 0.338 e. The summed E-state index contributed by atoms with van der Waals surface area (Å²) in [5, 5.41) is -0.626. The molecule has 0 radical (unpaired) electrons. The van der Waals surface area contributed by atoms with Gasteiger partial charge in [0.05, 0.1) is 17.5 Å². The number of rotatable bonds is 4. The summed E-state index contributed by atoms with van der Waals surface area (Å²) in [6.07, 6.45) is 0. The first-order valence-corrected chi connectivity index (χ1v) is 6.34. The molecule has 1 unspecified atom stereocenters. The molecule has 0 aliphatic rings. The molecule has 0 N–H and O–H groups in total. The van der Waals surface area contributed by atoms with Crippen molar-refractivity contribution in [2.45, 2.75) is 19.2 Å². The highest BCUT2D eigenvalue weighted by Crippen LogP contribution is 2.19. The van der Waals surface area contributed by atoms with Crippen LogP contribution in [0.25, 0.3) is 0 Å². The molecule has 0 aliphatic heterocycles. The second kappa shape index (κ2) is 6.17. The fraction of sp³-hybridized carbons (Fsp3) is 0.333. The van der Waals surface area contributed by atoms with Gasteiger partial charge in [-0.25, -0.2) is 4.79 Å². The Hall–Kier alpha value is -0.870. The standard InChI is InChI=1S/C12H12BrClO3/c1-3-17-12(16)9-4-8(5-10(13)6-9)11(15)7(2)14/h4-7H,3H2,1-2H3. The van der Waals surface area contributed by atoms with Crippen molar-refractivity contribution < 1.29 is 14.3 Å². The molecule has 1 aromatic carbocycles. The van der Waals surface area contributed by atoms with Crippen LogP contribution in [0.15, 0.2) is 22.7 Å². The van der Waals surface area contributed by atoms with Gasteiger partial charge in [0.25, 0.3) is 0 Å². The summed E-state index contributed by atoms with van der Waals surface area (Å²) in [5.74, 6) is -0.677. The van der Waals surface area contributed by atoms with Crippen molar-refractivity contribution in [1.29, 1.82) is 0 Å². The number of Topliss-reactive ketones (excluding diaryl/α,β-unsaturated/α-hetero) is 1. The molecule has 0 saturated heterocycles. The maximum Gasteiger partial charge on any atom is 0.338 e. The van der Waals surface area contributed by atoms with Gasteiger partial charge in [-0.3, -0.25) is 4.79 Å². The minimum atomic E-state index is -0.626. The Balaban J connectivity index is 3.10. The van der Waals surface area contributed by atoms with Gasteiger partial charge in [0.15, 0.2) is 5.78 Å². The summed E-state index contributed by atoms with van der Waals surface area (Å²) in [4.78, 5) is 23.3. The number of carbonyl (C=O) groups excluding carboxylic acids is 2. The molecule has 3 nitrogen and oxygen atoms in total. The molecule has 0 fully saturated rings. The van der Waals surface area contributed by atoms with E-state index in [2.05, 4.69) is 15.9 Å². The number of carbonyl (C=O) groups is 2. The van der Waals surface area contributed by atoms with E-state index in [1.807, 2.05) is 0 Å². The van der Waals surface area contributed by atoms with Gasteiger partial charge in [-0.1, -0.05) is 15.9 Å². The lowest BCUT2D eigenvalue weighted by molar-refractivity contribution is 0.0526. The van der Waals surface area contributed by atoms with Crippen molar-refractivity contribution in [3.63, 3.8) is 0 Å². The van der Waals surface area contributed by atoms with Crippen LogP contribution in [0.2, 0.25) is 0 Å². The Morgan fingerprint density at radius 1 is 1.35 bits per heavy atom. The van der Waals surface area contributed by atoms with Crippen LogP contribution in [0.4, 0.5) is 0 Å². The number of esters is 1. The third-order valence-corrected chi connectivity index (χ3v) is 2.71. The van der Waals surface area contributed by atoms with Crippen LogP contribution in [0.3, 0.4) is 0 Å². The van der Waals surface area contributed by atoms with Gasteiger partial charge in [-0.05, 0) is 32.0 Å². The Labute approximate surface area is 113 Å². The van der Waals surface area contributed by atoms with Gasteiger partial charge in [0, 0.05) is 10.0 Å². The molecule has 92 valence electrons. The number of halogens is 2. The van der Waals surface area contributed by atoms with Crippen LogP contribution in [-0.2, 0) is 4.74 Å². The van der Waals surface area contributed by atoms with Gasteiger partial charge in [0.1, 0.15) is 0 Å². The first-order chi connectivity index (χ1) is 7.95. The summed E-state index contributed by atoms with van der Waals surface area (Å²) in [5.41, 5.74) is 0.729. The first-order valence-electron chi connectivity index (χ1n) is 5.11. The summed E-state index contributed by atoms with van der Waals surface area (Å²) in [6, 6.07) is 4.72. The summed E-state index contributed by atoms with van der Waals surface area (Å²) >= 11 is 8.97. The Kier molecular flexibility index (Phi) is 5.15. The highest BCUT2D eigenvalue weighted by atomic mass is 79.9. The fourth-order valence-electron chi connectivity index (χ4n) is 1.29. The van der Waals surface area contributed by atoms with E-state index < -0.39 is 11.3 Å². The van der Waals surface area contributed by atoms with Crippen molar-refractivity contribution >= 4 is 39.3 Å². The molecule has 5 heteroatoms. The second-order valence-electron chi connectivity index (χ2n) is 3.43. The van der Waals surface area contributed by atoms with Crippen LogP contribution in [0.1, 0.15) is 34.6 Å². The molecule has 1 atom stereocenters. The van der Waals surface area contributed by atoms with Gasteiger partial charge in [-0.15, -0.1) is 11.6 Å². The molecule has 0 aromatic heterocycles. The molecular formula is C12H12BrClO3. The quantitative estimate of drug-likeness (QED) is 0.485. The second-order valence-corrected chi connectivity index (χ2v) is 5.00. The van der Waals surface area contributed by atoms with Gasteiger partial charge < -0.3 is 4.74 Å². The number of ketones is 1. The van der Waals surface area contributed by atoms with Crippen LogP contribution in [0.5, 0.6) is 0 Å². The van der Waals surface area contributed by atoms with Crippen LogP contribution in [-0.4, -0.2) is 23.7 Å². The van der Waals surface area contributed by atoms with Crippen molar-refractivity contribution in [3.05, 3.63) is 33.8 Å². The zero-order valence-corrected chi connectivity index (χ0v) is 11.8. The van der Waals surface area contributed by atoms with Crippen LogP contribution < -0.4 is 0 Å². The average molecular weight is 320 g/mol. The first kappa shape index (κ1) is 14.2. The Morgan fingerprint density at radius 2 is 1.94 bits per heavy atom. The molecule has 1 rings (SSSR count). The molecule has 0 heterocycles. The third-order valence-electron chi connectivity index (χ3n) is 2.05. The van der Waals surface area contributed by atoms with E-state index >= 15 is 0 Å². The Bertz CT molecular complexity index is 443. The number of hydrogen-bond acceptors (Lipinski definition) is 3. The molecule has 0 saturated carbocycles. The molecule has 17 heavy (non-hydrogen) atoms. The van der Waals surface area contributed by atoms with E-state index in [0.717, 1.165) is 0 Å². The summed E-state index contributed by atoms with van der Waals surface area (Å²) < 4.78 is 5.52. The monoisotopic (exact) mass is 318 g/mol.